The molecule has 1 amide bonds. The van der Waals surface area contributed by atoms with Crippen LogP contribution in [0.1, 0.15) is 55.8 Å². The van der Waals surface area contributed by atoms with Gasteiger partial charge in [-0.2, -0.15) is 4.31 Å². The lowest BCUT2D eigenvalue weighted by Gasteiger charge is -2.32. The molecule has 2 fully saturated rings. The van der Waals surface area contributed by atoms with Gasteiger partial charge in [-0.3, -0.25) is 4.79 Å². The van der Waals surface area contributed by atoms with Crippen LogP contribution in [0.15, 0.2) is 53.4 Å². The van der Waals surface area contributed by atoms with E-state index in [0.717, 1.165) is 38.0 Å². The second kappa shape index (κ2) is 9.40. The van der Waals surface area contributed by atoms with E-state index >= 15 is 0 Å². The second-order valence-electron chi connectivity index (χ2n) is 8.54. The summed E-state index contributed by atoms with van der Waals surface area (Å²) >= 11 is 0. The number of hydrogen-bond acceptors (Lipinski definition) is 4. The van der Waals surface area contributed by atoms with Crippen LogP contribution in [0, 0.1) is 0 Å². The van der Waals surface area contributed by atoms with Gasteiger partial charge >= 0.3 is 0 Å². The Bertz CT molecular complexity index is 1030. The Kier molecular flexibility index (Phi) is 6.62. The van der Waals surface area contributed by atoms with Crippen molar-refractivity contribution in [2.75, 3.05) is 29.9 Å². The molecule has 2 aliphatic heterocycles. The van der Waals surface area contributed by atoms with Gasteiger partial charge in [-0.25, -0.2) is 8.42 Å². The summed E-state index contributed by atoms with van der Waals surface area (Å²) in [5, 5.41) is 2.93. The number of piperidine rings is 2. The minimum absolute atomic E-state index is 0.0197. The molecule has 31 heavy (non-hydrogen) atoms. The van der Waals surface area contributed by atoms with E-state index in [0.29, 0.717) is 17.8 Å². The molecule has 0 aliphatic carbocycles. The van der Waals surface area contributed by atoms with Gasteiger partial charge in [0, 0.05) is 42.6 Å². The fraction of sp³-hybridized carbons (Fsp3) is 0.458. The highest BCUT2D eigenvalue weighted by Crippen LogP contribution is 2.26. The zero-order chi connectivity index (χ0) is 21.8. The standard InChI is InChI=1S/C24H31N3O3S/c1-19-9-3-6-16-27(19)31(29,30)23-13-7-10-20(17-23)24(28)25-21-11-8-12-22(18-21)26-14-4-2-5-15-26/h7-8,10-13,17-19H,2-6,9,14-16H2,1H3,(H,25,28). The highest BCUT2D eigenvalue weighted by molar-refractivity contribution is 7.89. The molecule has 7 heteroatoms. The zero-order valence-corrected chi connectivity index (χ0v) is 18.9. The van der Waals surface area contributed by atoms with Crippen LogP contribution in [-0.2, 0) is 10.0 Å². The van der Waals surface area contributed by atoms with E-state index < -0.39 is 10.0 Å². The fourth-order valence-corrected chi connectivity index (χ4v) is 6.24. The van der Waals surface area contributed by atoms with Gasteiger partial charge in [0.05, 0.1) is 4.90 Å². The van der Waals surface area contributed by atoms with Gasteiger partial charge in [-0.05, 0) is 75.4 Å². The van der Waals surface area contributed by atoms with Crippen LogP contribution in [0.4, 0.5) is 11.4 Å². The van der Waals surface area contributed by atoms with Crippen molar-refractivity contribution in [1.82, 2.24) is 4.31 Å². The van der Waals surface area contributed by atoms with E-state index in [1.165, 1.54) is 25.3 Å². The smallest absolute Gasteiger partial charge is 0.255 e. The van der Waals surface area contributed by atoms with Crippen molar-refractivity contribution in [3.05, 3.63) is 54.1 Å². The third-order valence-electron chi connectivity index (χ3n) is 6.27. The maximum Gasteiger partial charge on any atom is 0.255 e. The molecular weight excluding hydrogens is 410 g/mol. The first-order valence-corrected chi connectivity index (χ1v) is 12.7. The van der Waals surface area contributed by atoms with Crippen molar-refractivity contribution in [2.24, 2.45) is 0 Å². The molecule has 2 aromatic rings. The Balaban J connectivity index is 1.51. The predicted molar refractivity (Wildman–Crippen MR) is 124 cm³/mol. The van der Waals surface area contributed by atoms with Gasteiger partial charge in [0.25, 0.3) is 5.91 Å². The van der Waals surface area contributed by atoms with Gasteiger partial charge in [0.2, 0.25) is 10.0 Å². The fourth-order valence-electron chi connectivity index (χ4n) is 4.50. The minimum Gasteiger partial charge on any atom is -0.371 e. The van der Waals surface area contributed by atoms with Crippen LogP contribution in [0.3, 0.4) is 0 Å². The Morgan fingerprint density at radius 2 is 1.68 bits per heavy atom. The Labute approximate surface area is 185 Å². The Morgan fingerprint density at radius 3 is 2.45 bits per heavy atom. The van der Waals surface area contributed by atoms with Gasteiger partial charge in [-0.15, -0.1) is 0 Å². The van der Waals surface area contributed by atoms with E-state index in [2.05, 4.69) is 16.3 Å². The average molecular weight is 442 g/mol. The minimum atomic E-state index is -3.61. The normalized spacial score (nSPS) is 20.4. The third-order valence-corrected chi connectivity index (χ3v) is 8.28. The van der Waals surface area contributed by atoms with Crippen LogP contribution >= 0.6 is 0 Å². The SMILES string of the molecule is CC1CCCCN1S(=O)(=O)c1cccc(C(=O)Nc2cccc(N3CCCCC3)c2)c1. The molecule has 0 spiro atoms. The number of nitrogens with one attached hydrogen (secondary N) is 1. The highest BCUT2D eigenvalue weighted by atomic mass is 32.2. The van der Waals surface area contributed by atoms with E-state index in [4.69, 9.17) is 0 Å². The number of rotatable bonds is 5. The number of carbonyl (C=O) groups excluding carboxylic acids is 1. The first-order valence-electron chi connectivity index (χ1n) is 11.2. The molecule has 4 rings (SSSR count). The molecular formula is C24H31N3O3S. The van der Waals surface area contributed by atoms with Gasteiger partial charge in [-0.1, -0.05) is 18.6 Å². The molecule has 2 saturated heterocycles. The summed E-state index contributed by atoms with van der Waals surface area (Å²) in [7, 11) is -3.61. The molecule has 2 heterocycles. The van der Waals surface area contributed by atoms with Gasteiger partial charge in [0.1, 0.15) is 0 Å². The molecule has 6 nitrogen and oxygen atoms in total. The summed E-state index contributed by atoms with van der Waals surface area (Å²) in [6, 6.07) is 14.2. The Hall–Kier alpha value is -2.38. The summed E-state index contributed by atoms with van der Waals surface area (Å²) < 4.78 is 27.8. The lowest BCUT2D eigenvalue weighted by Crippen LogP contribution is -2.41. The van der Waals surface area contributed by atoms with Crippen molar-refractivity contribution < 1.29 is 13.2 Å². The summed E-state index contributed by atoms with van der Waals surface area (Å²) in [6.07, 6.45) is 6.43. The van der Waals surface area contributed by atoms with Crippen LogP contribution in [0.25, 0.3) is 0 Å². The maximum absolute atomic E-state index is 13.1. The van der Waals surface area contributed by atoms with Crippen LogP contribution < -0.4 is 10.2 Å². The number of amides is 1. The molecule has 0 bridgehead atoms. The van der Waals surface area contributed by atoms with E-state index in [1.54, 1.807) is 22.5 Å². The van der Waals surface area contributed by atoms with Crippen molar-refractivity contribution in [2.45, 2.75) is 56.4 Å². The lowest BCUT2D eigenvalue weighted by molar-refractivity contribution is 0.102. The van der Waals surface area contributed by atoms with E-state index in [-0.39, 0.29) is 16.8 Å². The number of sulfonamides is 1. The quantitative estimate of drug-likeness (QED) is 0.742. The largest absolute Gasteiger partial charge is 0.371 e. The maximum atomic E-state index is 13.1. The van der Waals surface area contributed by atoms with Crippen LogP contribution in [0.5, 0.6) is 0 Å². The molecule has 1 N–H and O–H groups in total. The molecule has 0 saturated carbocycles. The summed E-state index contributed by atoms with van der Waals surface area (Å²) in [4.78, 5) is 15.4. The van der Waals surface area contributed by atoms with Gasteiger partial charge in [0.15, 0.2) is 0 Å². The van der Waals surface area contributed by atoms with Gasteiger partial charge < -0.3 is 10.2 Å². The average Bonchev–Trinajstić information content (AvgIpc) is 2.80. The molecule has 1 unspecified atom stereocenters. The third kappa shape index (κ3) is 4.93. The van der Waals surface area contributed by atoms with E-state index in [9.17, 15) is 13.2 Å². The first kappa shape index (κ1) is 21.8. The number of nitrogens with zero attached hydrogens (tertiary/aromatic N) is 2. The van der Waals surface area contributed by atoms with Crippen molar-refractivity contribution in [3.63, 3.8) is 0 Å². The second-order valence-corrected chi connectivity index (χ2v) is 10.4. The van der Waals surface area contributed by atoms with Crippen molar-refractivity contribution >= 4 is 27.3 Å². The monoisotopic (exact) mass is 441 g/mol. The Morgan fingerprint density at radius 1 is 0.935 bits per heavy atom. The summed E-state index contributed by atoms with van der Waals surface area (Å²) in [5.41, 5.74) is 2.16. The molecule has 0 aromatic heterocycles. The zero-order valence-electron chi connectivity index (χ0n) is 18.1. The molecule has 2 aliphatic rings. The highest BCUT2D eigenvalue weighted by Gasteiger charge is 2.31. The summed E-state index contributed by atoms with van der Waals surface area (Å²) in [6.45, 7) is 4.55. The number of carbonyl (C=O) groups is 1. The predicted octanol–water partition coefficient (Wildman–Crippen LogP) is 4.49. The first-order chi connectivity index (χ1) is 14.9. The topological polar surface area (TPSA) is 69.7 Å². The lowest BCUT2D eigenvalue weighted by atomic mass is 10.1. The van der Waals surface area contributed by atoms with Crippen molar-refractivity contribution in [1.29, 1.82) is 0 Å². The molecule has 166 valence electrons. The molecule has 0 radical (unpaired) electrons. The number of hydrogen-bond donors (Lipinski definition) is 1. The molecule has 1 atom stereocenters. The number of benzene rings is 2. The van der Waals surface area contributed by atoms with Crippen LogP contribution in [0.2, 0.25) is 0 Å². The molecule has 2 aromatic carbocycles. The van der Waals surface area contributed by atoms with E-state index in [1.807, 2.05) is 25.1 Å². The van der Waals surface area contributed by atoms with Crippen LogP contribution in [-0.4, -0.2) is 44.3 Å². The number of anilines is 2. The van der Waals surface area contributed by atoms with Crippen molar-refractivity contribution in [3.8, 4) is 0 Å². The summed E-state index contributed by atoms with van der Waals surface area (Å²) in [5.74, 6) is -0.306.